The van der Waals surface area contributed by atoms with Gasteiger partial charge in [0.25, 0.3) is 5.91 Å². The molecule has 0 saturated heterocycles. The van der Waals surface area contributed by atoms with E-state index in [1.807, 2.05) is 31.2 Å². The molecule has 25 heavy (non-hydrogen) atoms. The van der Waals surface area contributed by atoms with Crippen molar-refractivity contribution < 1.29 is 4.79 Å². The van der Waals surface area contributed by atoms with Crippen LogP contribution in [0, 0.1) is 0 Å². The SMILES string of the molecule is CC(C)=CCSc1sc(-c2ccccc2)nc1/C=C1\C(=O)NN=C1C. The van der Waals surface area contributed by atoms with Crippen molar-refractivity contribution in [2.75, 3.05) is 5.75 Å². The number of rotatable bonds is 5. The topological polar surface area (TPSA) is 54.4 Å². The van der Waals surface area contributed by atoms with Crippen LogP contribution in [-0.4, -0.2) is 22.4 Å². The molecule has 0 bridgehead atoms. The van der Waals surface area contributed by atoms with Gasteiger partial charge in [0, 0.05) is 11.3 Å². The minimum absolute atomic E-state index is 0.174. The molecule has 0 atom stereocenters. The van der Waals surface area contributed by atoms with Gasteiger partial charge in [0.05, 0.1) is 21.2 Å². The molecule has 1 aromatic carbocycles. The molecule has 0 radical (unpaired) electrons. The molecule has 0 unspecified atom stereocenters. The summed E-state index contributed by atoms with van der Waals surface area (Å²) in [7, 11) is 0. The van der Waals surface area contributed by atoms with Crippen LogP contribution in [0.25, 0.3) is 16.6 Å². The van der Waals surface area contributed by atoms with Crippen LogP contribution in [0.1, 0.15) is 26.5 Å². The molecule has 1 N–H and O–H groups in total. The van der Waals surface area contributed by atoms with Crippen LogP contribution in [0.5, 0.6) is 0 Å². The highest BCUT2D eigenvalue weighted by Gasteiger charge is 2.21. The van der Waals surface area contributed by atoms with E-state index in [1.54, 1.807) is 23.1 Å². The number of thioether (sulfide) groups is 1. The van der Waals surface area contributed by atoms with Crippen molar-refractivity contribution in [2.45, 2.75) is 25.0 Å². The second-order valence-electron chi connectivity index (χ2n) is 5.85. The first-order chi connectivity index (χ1) is 12.0. The number of benzene rings is 1. The van der Waals surface area contributed by atoms with Crippen LogP contribution < -0.4 is 5.43 Å². The molecule has 6 heteroatoms. The number of allylic oxidation sites excluding steroid dienone is 1. The average Bonchev–Trinajstić information content (AvgIpc) is 3.14. The molecule has 3 rings (SSSR count). The first kappa shape index (κ1) is 17.6. The third-order valence-corrected chi connectivity index (χ3v) is 5.91. The summed E-state index contributed by atoms with van der Waals surface area (Å²) >= 11 is 3.40. The molecule has 1 aliphatic rings. The Bertz CT molecular complexity index is 875. The third kappa shape index (κ3) is 4.27. The molecule has 0 spiro atoms. The first-order valence-corrected chi connectivity index (χ1v) is 9.74. The van der Waals surface area contributed by atoms with Crippen molar-refractivity contribution in [2.24, 2.45) is 5.10 Å². The van der Waals surface area contributed by atoms with E-state index in [9.17, 15) is 4.79 Å². The minimum Gasteiger partial charge on any atom is -0.267 e. The number of hydrogen-bond acceptors (Lipinski definition) is 5. The number of nitrogens with zero attached hydrogens (tertiary/aromatic N) is 2. The minimum atomic E-state index is -0.174. The lowest BCUT2D eigenvalue weighted by atomic mass is 10.1. The van der Waals surface area contributed by atoms with Crippen LogP contribution in [0.15, 0.2) is 56.9 Å². The molecule has 2 heterocycles. The Kier molecular flexibility index (Phi) is 5.50. The zero-order chi connectivity index (χ0) is 17.8. The molecule has 1 amide bonds. The Morgan fingerprint density at radius 3 is 2.68 bits per heavy atom. The van der Waals surface area contributed by atoms with Gasteiger partial charge in [-0.2, -0.15) is 5.10 Å². The van der Waals surface area contributed by atoms with Gasteiger partial charge in [-0.1, -0.05) is 42.0 Å². The molecule has 1 aromatic heterocycles. The second-order valence-corrected chi connectivity index (χ2v) is 8.13. The maximum atomic E-state index is 11.9. The van der Waals surface area contributed by atoms with Crippen LogP contribution in [0.4, 0.5) is 0 Å². The Labute approximate surface area is 155 Å². The van der Waals surface area contributed by atoms with E-state index < -0.39 is 0 Å². The highest BCUT2D eigenvalue weighted by atomic mass is 32.2. The number of carbonyl (C=O) groups excluding carboxylic acids is 1. The standard InChI is InChI=1S/C19H19N3OS2/c1-12(2)9-10-24-19-16(11-15-13(3)21-22-17(15)23)20-18(25-19)14-7-5-4-6-8-14/h4-9,11H,10H2,1-3H3,(H,22,23)/b15-11-. The normalized spacial score (nSPS) is 15.2. The third-order valence-electron chi connectivity index (χ3n) is 3.59. The molecular formula is C19H19N3OS2. The van der Waals surface area contributed by atoms with Crippen molar-refractivity contribution in [3.8, 4) is 10.6 Å². The fourth-order valence-corrected chi connectivity index (χ4v) is 4.51. The van der Waals surface area contributed by atoms with E-state index in [1.165, 1.54) is 5.57 Å². The van der Waals surface area contributed by atoms with Gasteiger partial charge in [0.2, 0.25) is 0 Å². The van der Waals surface area contributed by atoms with Gasteiger partial charge >= 0.3 is 0 Å². The summed E-state index contributed by atoms with van der Waals surface area (Å²) in [6.45, 7) is 6.01. The van der Waals surface area contributed by atoms with Gasteiger partial charge in [-0.3, -0.25) is 4.79 Å². The summed E-state index contributed by atoms with van der Waals surface area (Å²) in [6, 6.07) is 10.1. The highest BCUT2D eigenvalue weighted by Crippen LogP contribution is 2.36. The van der Waals surface area contributed by atoms with Gasteiger partial charge in [0.1, 0.15) is 5.01 Å². The number of hydrazone groups is 1. The second kappa shape index (κ2) is 7.80. The molecule has 0 saturated carbocycles. The number of aromatic nitrogens is 1. The maximum Gasteiger partial charge on any atom is 0.273 e. The van der Waals surface area contributed by atoms with Crippen molar-refractivity contribution in [3.63, 3.8) is 0 Å². The molecular weight excluding hydrogens is 350 g/mol. The van der Waals surface area contributed by atoms with Crippen LogP contribution in [0.3, 0.4) is 0 Å². The maximum absolute atomic E-state index is 11.9. The van der Waals surface area contributed by atoms with Crippen LogP contribution >= 0.6 is 23.1 Å². The van der Waals surface area contributed by atoms with E-state index >= 15 is 0 Å². The van der Waals surface area contributed by atoms with Gasteiger partial charge in [-0.05, 0) is 26.8 Å². The first-order valence-electron chi connectivity index (χ1n) is 7.93. The average molecular weight is 370 g/mol. The summed E-state index contributed by atoms with van der Waals surface area (Å²) in [5, 5.41) is 4.94. The highest BCUT2D eigenvalue weighted by molar-refractivity contribution is 8.01. The van der Waals surface area contributed by atoms with Gasteiger partial charge in [-0.25, -0.2) is 10.4 Å². The number of amides is 1. The molecule has 1 aliphatic heterocycles. The smallest absolute Gasteiger partial charge is 0.267 e. The molecule has 2 aromatic rings. The summed E-state index contributed by atoms with van der Waals surface area (Å²) in [5.74, 6) is 0.709. The number of thiazole rings is 1. The van der Waals surface area contributed by atoms with Crippen LogP contribution in [-0.2, 0) is 4.79 Å². The molecule has 128 valence electrons. The van der Waals surface area contributed by atoms with E-state index in [2.05, 4.69) is 42.6 Å². The summed E-state index contributed by atoms with van der Waals surface area (Å²) in [4.78, 5) is 16.7. The Hall–Kier alpha value is -2.18. The van der Waals surface area contributed by atoms with Gasteiger partial charge < -0.3 is 0 Å². The van der Waals surface area contributed by atoms with E-state index in [-0.39, 0.29) is 5.91 Å². The van der Waals surface area contributed by atoms with E-state index in [0.717, 1.165) is 26.2 Å². The largest absolute Gasteiger partial charge is 0.273 e. The van der Waals surface area contributed by atoms with Crippen molar-refractivity contribution in [3.05, 3.63) is 53.2 Å². The van der Waals surface area contributed by atoms with Crippen LogP contribution in [0.2, 0.25) is 0 Å². The van der Waals surface area contributed by atoms with Gasteiger partial charge in [-0.15, -0.1) is 23.1 Å². The van der Waals surface area contributed by atoms with E-state index in [4.69, 9.17) is 4.98 Å². The predicted octanol–water partition coefficient (Wildman–Crippen LogP) is 4.76. The lowest BCUT2D eigenvalue weighted by molar-refractivity contribution is -0.116. The Balaban J connectivity index is 1.98. The Morgan fingerprint density at radius 1 is 1.28 bits per heavy atom. The van der Waals surface area contributed by atoms with Crippen molar-refractivity contribution in [1.82, 2.24) is 10.4 Å². The summed E-state index contributed by atoms with van der Waals surface area (Å²) < 4.78 is 1.11. The summed E-state index contributed by atoms with van der Waals surface area (Å²) in [6.07, 6.45) is 4.04. The zero-order valence-electron chi connectivity index (χ0n) is 14.4. The van der Waals surface area contributed by atoms with Crippen molar-refractivity contribution >= 4 is 40.8 Å². The monoisotopic (exact) mass is 369 g/mol. The quantitative estimate of drug-likeness (QED) is 0.470. The Morgan fingerprint density at radius 2 is 2.04 bits per heavy atom. The lowest BCUT2D eigenvalue weighted by Gasteiger charge is -1.98. The van der Waals surface area contributed by atoms with E-state index in [0.29, 0.717) is 11.3 Å². The summed E-state index contributed by atoms with van der Waals surface area (Å²) in [5.41, 5.74) is 6.97. The fraction of sp³-hybridized carbons (Fsp3) is 0.211. The number of hydrogen-bond donors (Lipinski definition) is 1. The molecule has 4 nitrogen and oxygen atoms in total. The zero-order valence-corrected chi connectivity index (χ0v) is 16.0. The van der Waals surface area contributed by atoms with Crippen molar-refractivity contribution in [1.29, 1.82) is 0 Å². The lowest BCUT2D eigenvalue weighted by Crippen LogP contribution is -2.12. The predicted molar refractivity (Wildman–Crippen MR) is 107 cm³/mol. The molecule has 0 fully saturated rings. The fourth-order valence-electron chi connectivity index (χ4n) is 2.23. The number of carbonyl (C=O) groups is 1. The number of nitrogens with one attached hydrogen (secondary N) is 1. The molecule has 0 aliphatic carbocycles. The van der Waals surface area contributed by atoms with Gasteiger partial charge in [0.15, 0.2) is 0 Å².